The summed E-state index contributed by atoms with van der Waals surface area (Å²) in [6, 6.07) is 7.45. The first-order valence-electron chi connectivity index (χ1n) is 21.8. The van der Waals surface area contributed by atoms with E-state index in [0.717, 1.165) is 10.9 Å². The van der Waals surface area contributed by atoms with Crippen LogP contribution in [0.5, 0.6) is 0 Å². The predicted molar refractivity (Wildman–Crippen MR) is 226 cm³/mol. The number of aliphatic hydroxyl groups is 1. The van der Waals surface area contributed by atoms with Gasteiger partial charge in [0.05, 0.1) is 48.8 Å². The molecule has 1 unspecified atom stereocenters. The molecule has 4 fully saturated rings. The van der Waals surface area contributed by atoms with Gasteiger partial charge in [0.15, 0.2) is 11.9 Å². The number of hydrogen-bond donors (Lipinski definition) is 4. The number of para-hydroxylation sites is 1. The van der Waals surface area contributed by atoms with Crippen molar-refractivity contribution in [1.82, 2.24) is 25.8 Å². The lowest BCUT2D eigenvalue weighted by Crippen LogP contribution is -2.61. The van der Waals surface area contributed by atoms with Gasteiger partial charge in [-0.1, -0.05) is 45.9 Å². The summed E-state index contributed by atoms with van der Waals surface area (Å²) in [5, 5.41) is 21.2. The average Bonchev–Trinajstić information content (AvgIpc) is 3.53. The van der Waals surface area contributed by atoms with Gasteiger partial charge in [-0.2, -0.15) is 0 Å². The summed E-state index contributed by atoms with van der Waals surface area (Å²) in [5.41, 5.74) is -1.57. The van der Waals surface area contributed by atoms with Gasteiger partial charge in [-0.3, -0.25) is 19.4 Å². The Kier molecular flexibility index (Phi) is 14.5. The monoisotopic (exact) mass is 867 g/mol. The molecule has 0 radical (unpaired) electrons. The van der Waals surface area contributed by atoms with Crippen LogP contribution in [0.4, 0.5) is 9.59 Å². The maximum atomic E-state index is 14.5. The number of nitrogens with zero attached hydrogens (tertiary/aromatic N) is 2. The Morgan fingerprint density at radius 1 is 1.03 bits per heavy atom. The Labute approximate surface area is 363 Å². The number of hydrogen-bond acceptors (Lipinski definition) is 14. The first kappa shape index (κ1) is 47.1. The normalized spacial score (nSPS) is 38.7. The number of pyridine rings is 1. The number of cyclic esters (lactones) is 1. The van der Waals surface area contributed by atoms with Crippen LogP contribution < -0.4 is 16.0 Å². The van der Waals surface area contributed by atoms with Crippen LogP contribution in [-0.2, 0) is 49.2 Å². The van der Waals surface area contributed by atoms with E-state index < -0.39 is 95.8 Å². The minimum Gasteiger partial charge on any atom is -0.458 e. The maximum absolute atomic E-state index is 14.5. The highest BCUT2D eigenvalue weighted by Gasteiger charge is 2.58. The zero-order valence-corrected chi connectivity index (χ0v) is 37.5. The fourth-order valence-electron chi connectivity index (χ4n) is 10.0. The summed E-state index contributed by atoms with van der Waals surface area (Å²) in [4.78, 5) is 75.9. The van der Waals surface area contributed by atoms with Crippen LogP contribution in [0.25, 0.3) is 10.9 Å². The number of carbonyl (C=O) groups excluding carboxylic acids is 5. The molecule has 1 aromatic carbocycles. The standard InChI is InChI=1S/C45H65N5O12/c1-11-33-45(8)38(49-43(56)62-45)25(4)35(52)23(2)19-44(7)39(60-41-36(53)32(50(9)10)16-24(3)58-41)26(5)37(27(6)40(54)59-33)57-22-30(21-47-42(55)61-44)48-34(51)18-28-17-29-14-12-13-15-31(29)46-20-28/h12-15,17,20,23-27,30,32-33,36-39,41,53H,11,16,18-19,21-22H2,1-10H3,(H,47,55)(H,48,51)(H,49,56)/t23-,24-,25+,26+,27-,30?,32+,33-,36-,37+,38+,39-,41+,44-,45-/m1/s1. The van der Waals surface area contributed by atoms with Gasteiger partial charge in [-0.05, 0) is 78.7 Å². The third-order valence-corrected chi connectivity index (χ3v) is 13.3. The van der Waals surface area contributed by atoms with Crippen molar-refractivity contribution in [2.24, 2.45) is 23.7 Å². The minimum absolute atomic E-state index is 0.00660. The van der Waals surface area contributed by atoms with Crippen LogP contribution in [0.2, 0.25) is 0 Å². The summed E-state index contributed by atoms with van der Waals surface area (Å²) in [6.07, 6.45) is -5.09. The first-order valence-corrected chi connectivity index (χ1v) is 21.8. The molecule has 3 amide bonds. The van der Waals surface area contributed by atoms with Crippen LogP contribution >= 0.6 is 0 Å². The molecule has 17 heteroatoms. The SMILES string of the molecule is CC[C@H]1OC(=O)[C@H](C)[C@H]2OCC(NC(=O)Cc3cnc4ccccc4c3)CNC(=O)O[C@](C)(C[C@@H](C)C(=O)[C@H](C)[C@@H]3NC(=O)O[C@]13C)[C@H](O[C@@H]1O[C@H](C)C[C@H](N(C)C)[C@H]1O)[C@H]2C. The Balaban J connectivity index is 1.40. The fourth-order valence-corrected chi connectivity index (χ4v) is 10.0. The van der Waals surface area contributed by atoms with Crippen LogP contribution in [0.3, 0.4) is 0 Å². The van der Waals surface area contributed by atoms with Gasteiger partial charge in [0.2, 0.25) is 5.91 Å². The molecular formula is C45H65N5O12. The number of esters is 1. The Hall–Kier alpha value is -4.42. The smallest absolute Gasteiger partial charge is 0.408 e. The summed E-state index contributed by atoms with van der Waals surface area (Å²) in [6.45, 7) is 13.6. The largest absolute Gasteiger partial charge is 0.458 e. The molecule has 0 aliphatic carbocycles. The summed E-state index contributed by atoms with van der Waals surface area (Å²) in [5.74, 6) is -4.76. The van der Waals surface area contributed by atoms with Crippen LogP contribution in [0.1, 0.15) is 80.2 Å². The molecule has 4 N–H and O–H groups in total. The van der Waals surface area contributed by atoms with E-state index in [1.807, 2.05) is 56.3 Å². The van der Waals surface area contributed by atoms with E-state index in [-0.39, 0.29) is 56.3 Å². The van der Waals surface area contributed by atoms with E-state index in [0.29, 0.717) is 12.0 Å². The Bertz CT molecular complexity index is 1970. The zero-order valence-electron chi connectivity index (χ0n) is 37.5. The van der Waals surface area contributed by atoms with E-state index in [1.54, 1.807) is 54.7 Å². The van der Waals surface area contributed by atoms with Gasteiger partial charge >= 0.3 is 18.2 Å². The Morgan fingerprint density at radius 2 is 1.76 bits per heavy atom. The van der Waals surface area contributed by atoms with Crippen molar-refractivity contribution in [3.05, 3.63) is 42.1 Å². The van der Waals surface area contributed by atoms with Gasteiger partial charge in [0.25, 0.3) is 0 Å². The highest BCUT2D eigenvalue weighted by molar-refractivity contribution is 5.86. The number of ether oxygens (including phenoxy) is 6. The maximum Gasteiger partial charge on any atom is 0.408 e. The molecule has 4 aliphatic rings. The molecule has 342 valence electrons. The number of likely N-dealkylation sites (N-methyl/N-ethyl adjacent to an activating group) is 1. The highest BCUT2D eigenvalue weighted by atomic mass is 16.7. The van der Waals surface area contributed by atoms with E-state index in [9.17, 15) is 29.1 Å². The summed E-state index contributed by atoms with van der Waals surface area (Å²) in [7, 11) is 3.71. The second-order valence-corrected chi connectivity index (χ2v) is 18.5. The molecule has 5 heterocycles. The number of fused-ring (bicyclic) bond motifs is 5. The highest BCUT2D eigenvalue weighted by Crippen LogP contribution is 2.42. The molecule has 1 aromatic heterocycles. The van der Waals surface area contributed by atoms with Gasteiger partial charge in [-0.25, -0.2) is 9.59 Å². The van der Waals surface area contributed by atoms with Crippen molar-refractivity contribution >= 4 is 40.7 Å². The molecule has 4 aliphatic heterocycles. The zero-order chi connectivity index (χ0) is 45.3. The van der Waals surface area contributed by atoms with Crippen molar-refractivity contribution in [1.29, 1.82) is 0 Å². The van der Waals surface area contributed by atoms with Gasteiger partial charge in [0.1, 0.15) is 29.7 Å². The van der Waals surface area contributed by atoms with Crippen LogP contribution in [0, 0.1) is 23.7 Å². The molecule has 62 heavy (non-hydrogen) atoms. The number of alkyl carbamates (subject to hydrolysis) is 2. The summed E-state index contributed by atoms with van der Waals surface area (Å²) < 4.78 is 38.3. The quantitative estimate of drug-likeness (QED) is 0.231. The second-order valence-electron chi connectivity index (χ2n) is 18.5. The minimum atomic E-state index is -1.64. The number of Topliss-reactive ketones (excluding diaryl/α,β-unsaturated/α-hetero) is 1. The van der Waals surface area contributed by atoms with Crippen molar-refractivity contribution in [3.8, 4) is 0 Å². The van der Waals surface area contributed by atoms with E-state index >= 15 is 0 Å². The van der Waals surface area contributed by atoms with Crippen molar-refractivity contribution < 1.29 is 57.5 Å². The second kappa shape index (κ2) is 19.1. The Morgan fingerprint density at radius 3 is 2.47 bits per heavy atom. The first-order chi connectivity index (χ1) is 29.2. The predicted octanol–water partition coefficient (Wildman–Crippen LogP) is 3.66. The molecule has 0 saturated carbocycles. The number of ketones is 1. The lowest BCUT2D eigenvalue weighted by atomic mass is 9.73. The molecule has 2 bridgehead atoms. The van der Waals surface area contributed by atoms with Gasteiger partial charge in [0, 0.05) is 41.9 Å². The fraction of sp³-hybridized carbons (Fsp3) is 0.689. The molecule has 4 saturated heterocycles. The molecule has 6 rings (SSSR count). The van der Waals surface area contributed by atoms with E-state index in [1.165, 1.54) is 0 Å². The third-order valence-electron chi connectivity index (χ3n) is 13.3. The van der Waals surface area contributed by atoms with E-state index in [2.05, 4.69) is 20.9 Å². The molecule has 15 atom stereocenters. The summed E-state index contributed by atoms with van der Waals surface area (Å²) >= 11 is 0. The topological polar surface area (TPSA) is 213 Å². The molecule has 17 nitrogen and oxygen atoms in total. The van der Waals surface area contributed by atoms with E-state index in [4.69, 9.17) is 28.4 Å². The number of nitrogens with one attached hydrogen (secondary N) is 3. The van der Waals surface area contributed by atoms with Crippen LogP contribution in [0.15, 0.2) is 36.5 Å². The van der Waals surface area contributed by atoms with Crippen molar-refractivity contribution in [2.45, 2.75) is 147 Å². The molecular weight excluding hydrogens is 803 g/mol. The third kappa shape index (κ3) is 10.0. The number of benzene rings is 1. The van der Waals surface area contributed by atoms with Crippen molar-refractivity contribution in [3.63, 3.8) is 0 Å². The molecule has 2 aromatic rings. The number of amides is 3. The van der Waals surface area contributed by atoms with Crippen LogP contribution in [-0.4, -0.2) is 138 Å². The lowest BCUT2D eigenvalue weighted by molar-refractivity contribution is -0.299. The van der Waals surface area contributed by atoms with Gasteiger partial charge in [-0.15, -0.1) is 0 Å². The number of aliphatic hydroxyl groups excluding tert-OH is 1. The van der Waals surface area contributed by atoms with Gasteiger partial charge < -0.3 is 54.4 Å². The number of aromatic nitrogens is 1. The number of carbonyl (C=O) groups is 5. The van der Waals surface area contributed by atoms with Crippen molar-refractivity contribution in [2.75, 3.05) is 27.2 Å². The number of rotatable bonds is 7. The lowest BCUT2D eigenvalue weighted by Gasteiger charge is -2.48. The average molecular weight is 868 g/mol. The molecule has 0 spiro atoms.